The second-order valence-electron chi connectivity index (χ2n) is 4.93. The Morgan fingerprint density at radius 2 is 1.95 bits per heavy atom. The maximum absolute atomic E-state index is 10.5. The number of methoxy groups -OCH3 is 1. The van der Waals surface area contributed by atoms with Crippen LogP contribution in [0.3, 0.4) is 0 Å². The standard InChI is InChI=1S/C14H17N3O3/c1-19-11-4-2-10(3-5-11)12-16-13(20-17-12)14(18)6-8-15-9-7-14/h2-5,15,18H,6-9H2,1H3. The van der Waals surface area contributed by atoms with Gasteiger partial charge in [-0.2, -0.15) is 4.98 Å². The maximum Gasteiger partial charge on any atom is 0.259 e. The lowest BCUT2D eigenvalue weighted by molar-refractivity contribution is -0.0228. The molecule has 1 fully saturated rings. The van der Waals surface area contributed by atoms with Gasteiger partial charge in [0.15, 0.2) is 0 Å². The van der Waals surface area contributed by atoms with E-state index >= 15 is 0 Å². The number of rotatable bonds is 3. The van der Waals surface area contributed by atoms with Crippen molar-refractivity contribution >= 4 is 0 Å². The summed E-state index contributed by atoms with van der Waals surface area (Å²) in [5.74, 6) is 1.55. The largest absolute Gasteiger partial charge is 0.497 e. The van der Waals surface area contributed by atoms with Gasteiger partial charge in [-0.1, -0.05) is 5.16 Å². The fourth-order valence-corrected chi connectivity index (χ4v) is 2.32. The lowest BCUT2D eigenvalue weighted by atomic mass is 9.92. The summed E-state index contributed by atoms with van der Waals surface area (Å²) in [7, 11) is 1.62. The van der Waals surface area contributed by atoms with E-state index < -0.39 is 5.60 Å². The third kappa shape index (κ3) is 2.39. The van der Waals surface area contributed by atoms with Gasteiger partial charge >= 0.3 is 0 Å². The lowest BCUT2D eigenvalue weighted by Gasteiger charge is -2.28. The molecule has 1 aliphatic heterocycles. The number of nitrogens with zero attached hydrogens (tertiary/aromatic N) is 2. The number of aliphatic hydroxyl groups is 1. The number of ether oxygens (including phenoxy) is 1. The molecule has 3 rings (SSSR count). The first kappa shape index (κ1) is 13.1. The SMILES string of the molecule is COc1ccc(-c2noc(C3(O)CCNCC3)n2)cc1. The van der Waals surface area contributed by atoms with Crippen molar-refractivity contribution < 1.29 is 14.4 Å². The molecular formula is C14H17N3O3. The smallest absolute Gasteiger partial charge is 0.259 e. The van der Waals surface area contributed by atoms with Crippen LogP contribution < -0.4 is 10.1 Å². The van der Waals surface area contributed by atoms with Crippen molar-refractivity contribution in [1.82, 2.24) is 15.5 Å². The third-order valence-electron chi connectivity index (χ3n) is 3.60. The molecule has 1 aliphatic rings. The van der Waals surface area contributed by atoms with Crippen LogP contribution in [0.1, 0.15) is 18.7 Å². The van der Waals surface area contributed by atoms with Gasteiger partial charge in [0.05, 0.1) is 7.11 Å². The van der Waals surface area contributed by atoms with Crippen molar-refractivity contribution in [3.63, 3.8) is 0 Å². The topological polar surface area (TPSA) is 80.4 Å². The van der Waals surface area contributed by atoms with Crippen molar-refractivity contribution in [2.45, 2.75) is 18.4 Å². The van der Waals surface area contributed by atoms with Crippen molar-refractivity contribution in [3.05, 3.63) is 30.2 Å². The van der Waals surface area contributed by atoms with Gasteiger partial charge in [-0.05, 0) is 50.2 Å². The van der Waals surface area contributed by atoms with E-state index in [0.717, 1.165) is 24.4 Å². The summed E-state index contributed by atoms with van der Waals surface area (Å²) >= 11 is 0. The van der Waals surface area contributed by atoms with Crippen LogP contribution in [0.15, 0.2) is 28.8 Å². The van der Waals surface area contributed by atoms with Crippen LogP contribution in [-0.2, 0) is 5.60 Å². The first-order valence-electron chi connectivity index (χ1n) is 6.63. The first-order valence-corrected chi connectivity index (χ1v) is 6.63. The Labute approximate surface area is 116 Å². The summed E-state index contributed by atoms with van der Waals surface area (Å²) in [5, 5.41) is 17.7. The molecule has 2 heterocycles. The zero-order valence-electron chi connectivity index (χ0n) is 11.3. The summed E-state index contributed by atoms with van der Waals surface area (Å²) in [5.41, 5.74) is -0.179. The minimum Gasteiger partial charge on any atom is -0.497 e. The van der Waals surface area contributed by atoms with Crippen LogP contribution in [0.5, 0.6) is 5.75 Å². The molecular weight excluding hydrogens is 258 g/mol. The van der Waals surface area contributed by atoms with Gasteiger partial charge in [0.2, 0.25) is 5.82 Å². The summed E-state index contributed by atoms with van der Waals surface area (Å²) in [6.07, 6.45) is 1.16. The van der Waals surface area contributed by atoms with Crippen LogP contribution in [0.2, 0.25) is 0 Å². The minimum atomic E-state index is -1.01. The molecule has 2 N–H and O–H groups in total. The van der Waals surface area contributed by atoms with E-state index in [1.165, 1.54) is 0 Å². The van der Waals surface area contributed by atoms with Crippen molar-refractivity contribution in [2.24, 2.45) is 0 Å². The minimum absolute atomic E-state index is 0.296. The van der Waals surface area contributed by atoms with E-state index in [0.29, 0.717) is 24.6 Å². The predicted molar refractivity (Wildman–Crippen MR) is 72.3 cm³/mol. The highest BCUT2D eigenvalue weighted by molar-refractivity contribution is 5.55. The summed E-state index contributed by atoms with van der Waals surface area (Å²) in [4.78, 5) is 4.34. The van der Waals surface area contributed by atoms with Gasteiger partial charge in [-0.3, -0.25) is 0 Å². The van der Waals surface area contributed by atoms with E-state index in [1.54, 1.807) is 7.11 Å². The van der Waals surface area contributed by atoms with Crippen molar-refractivity contribution in [2.75, 3.05) is 20.2 Å². The average Bonchev–Trinajstić information content (AvgIpc) is 2.99. The number of piperidine rings is 1. The fraction of sp³-hybridized carbons (Fsp3) is 0.429. The highest BCUT2D eigenvalue weighted by Gasteiger charge is 2.37. The predicted octanol–water partition coefficient (Wildman–Crippen LogP) is 1.32. The Morgan fingerprint density at radius 1 is 1.25 bits per heavy atom. The molecule has 6 heteroatoms. The number of benzene rings is 1. The molecule has 6 nitrogen and oxygen atoms in total. The third-order valence-corrected chi connectivity index (χ3v) is 3.60. The van der Waals surface area contributed by atoms with E-state index in [-0.39, 0.29) is 0 Å². The van der Waals surface area contributed by atoms with E-state index in [4.69, 9.17) is 9.26 Å². The first-order chi connectivity index (χ1) is 9.71. The Hall–Kier alpha value is -1.92. The molecule has 106 valence electrons. The molecule has 1 aromatic carbocycles. The fourth-order valence-electron chi connectivity index (χ4n) is 2.32. The van der Waals surface area contributed by atoms with Crippen LogP contribution >= 0.6 is 0 Å². The summed E-state index contributed by atoms with van der Waals surface area (Å²) in [6, 6.07) is 7.40. The number of nitrogens with one attached hydrogen (secondary N) is 1. The van der Waals surface area contributed by atoms with Gasteiger partial charge in [0, 0.05) is 5.56 Å². The summed E-state index contributed by atoms with van der Waals surface area (Å²) in [6.45, 7) is 1.49. The van der Waals surface area contributed by atoms with Crippen LogP contribution in [0.4, 0.5) is 0 Å². The molecule has 0 bridgehead atoms. The second kappa shape index (κ2) is 5.22. The molecule has 2 aromatic rings. The number of hydrogen-bond acceptors (Lipinski definition) is 6. The van der Waals surface area contributed by atoms with Gasteiger partial charge in [0.25, 0.3) is 5.89 Å². The van der Waals surface area contributed by atoms with E-state index in [2.05, 4.69) is 15.5 Å². The van der Waals surface area contributed by atoms with Crippen LogP contribution in [0.25, 0.3) is 11.4 Å². The molecule has 1 saturated heterocycles. The highest BCUT2D eigenvalue weighted by Crippen LogP contribution is 2.30. The van der Waals surface area contributed by atoms with Gasteiger partial charge in [0.1, 0.15) is 11.4 Å². The number of aromatic nitrogens is 2. The van der Waals surface area contributed by atoms with E-state index in [1.807, 2.05) is 24.3 Å². The maximum atomic E-state index is 10.5. The Morgan fingerprint density at radius 3 is 2.60 bits per heavy atom. The monoisotopic (exact) mass is 275 g/mol. The lowest BCUT2D eigenvalue weighted by Crippen LogP contribution is -2.39. The molecule has 0 spiro atoms. The molecule has 0 aliphatic carbocycles. The van der Waals surface area contributed by atoms with Gasteiger partial charge in [-0.15, -0.1) is 0 Å². The molecule has 20 heavy (non-hydrogen) atoms. The molecule has 1 aromatic heterocycles. The van der Waals surface area contributed by atoms with Crippen LogP contribution in [0, 0.1) is 0 Å². The van der Waals surface area contributed by atoms with Gasteiger partial charge < -0.3 is 19.7 Å². The normalized spacial score (nSPS) is 17.9. The van der Waals surface area contributed by atoms with Gasteiger partial charge in [-0.25, -0.2) is 0 Å². The molecule has 0 saturated carbocycles. The second-order valence-corrected chi connectivity index (χ2v) is 4.93. The Kier molecular flexibility index (Phi) is 3.42. The van der Waals surface area contributed by atoms with E-state index in [9.17, 15) is 5.11 Å². The molecule has 0 atom stereocenters. The molecule has 0 amide bonds. The van der Waals surface area contributed by atoms with Crippen molar-refractivity contribution in [1.29, 1.82) is 0 Å². The highest BCUT2D eigenvalue weighted by atomic mass is 16.5. The number of hydrogen-bond donors (Lipinski definition) is 2. The zero-order valence-corrected chi connectivity index (χ0v) is 11.3. The average molecular weight is 275 g/mol. The van der Waals surface area contributed by atoms with Crippen molar-refractivity contribution in [3.8, 4) is 17.1 Å². The Balaban J connectivity index is 1.85. The van der Waals surface area contributed by atoms with Crippen LogP contribution in [-0.4, -0.2) is 35.4 Å². The quantitative estimate of drug-likeness (QED) is 0.879. The molecule has 0 radical (unpaired) electrons. The molecule has 0 unspecified atom stereocenters. The summed E-state index contributed by atoms with van der Waals surface area (Å²) < 4.78 is 10.4. The Bertz CT molecular complexity index is 574. The zero-order chi connectivity index (χ0) is 14.0.